The number of nitrogen functional groups attached to an aromatic ring is 1. The molecular weight excluding hydrogens is 583 g/mol. The second-order valence-electron chi connectivity index (χ2n) is 11.2. The van der Waals surface area contributed by atoms with Crippen molar-refractivity contribution in [3.63, 3.8) is 0 Å². The first-order valence-electron chi connectivity index (χ1n) is 13.4. The van der Waals surface area contributed by atoms with Crippen LogP contribution in [0.1, 0.15) is 61.1 Å². The third-order valence-corrected chi connectivity index (χ3v) is 8.94. The van der Waals surface area contributed by atoms with Gasteiger partial charge in [-0.05, 0) is 69.5 Å². The number of halogens is 2. The topological polar surface area (TPSA) is 151 Å². The molecule has 2 aromatic carbocycles. The van der Waals surface area contributed by atoms with E-state index in [4.69, 9.17) is 32.5 Å². The van der Waals surface area contributed by atoms with E-state index in [1.807, 2.05) is 0 Å². The number of nitrogens with zero attached hydrogens (tertiary/aromatic N) is 2. The third-order valence-electron chi connectivity index (χ3n) is 7.82. The van der Waals surface area contributed by atoms with Crippen molar-refractivity contribution in [3.05, 3.63) is 64.1 Å². The van der Waals surface area contributed by atoms with Crippen LogP contribution in [0.3, 0.4) is 0 Å². The third kappa shape index (κ3) is 5.05. The Morgan fingerprint density at radius 1 is 1.26 bits per heavy atom. The van der Waals surface area contributed by atoms with E-state index in [1.165, 1.54) is 29.5 Å². The molecule has 0 saturated heterocycles. The predicted octanol–water partition coefficient (Wildman–Crippen LogP) is 5.28. The van der Waals surface area contributed by atoms with Crippen LogP contribution in [0, 0.1) is 5.82 Å². The molecule has 0 unspecified atom stereocenters. The molecule has 1 aliphatic heterocycles. The van der Waals surface area contributed by atoms with Crippen LogP contribution < -0.4 is 20.9 Å². The number of anilines is 1. The number of aliphatic hydroxyl groups is 1. The van der Waals surface area contributed by atoms with Crippen molar-refractivity contribution >= 4 is 50.0 Å². The molecule has 2 atom stereocenters. The van der Waals surface area contributed by atoms with Crippen molar-refractivity contribution in [3.8, 4) is 22.8 Å². The number of nitrogens with two attached hydrogens (primary N) is 2. The molecule has 1 fully saturated rings. The number of aromatic nitrogens is 2. The number of benzene rings is 2. The summed E-state index contributed by atoms with van der Waals surface area (Å²) in [4.78, 5) is 34.9. The molecule has 218 valence electrons. The molecule has 2 aliphatic rings. The standard InChI is InChI=1S/C30H28ClFN4O5S/c1-29(27(33)38)13-40-26-17(29)12-23(35-24(26)14-3-6-19(32)18(31)9-14)30(2,39)8-7-20(37)15-10-21(41-16-4-5-16)25-22(11-15)42-28(34)36-25/h3,6,9-12,16,39H,4-5,7-8,13H2,1-2H3,(H2,33,38)(H2,34,36)/t29-,30-/m0/s1. The lowest BCUT2D eigenvalue weighted by Crippen LogP contribution is -2.40. The largest absolute Gasteiger partial charge is 0.489 e. The smallest absolute Gasteiger partial charge is 0.231 e. The Kier molecular flexibility index (Phi) is 6.87. The molecule has 1 saturated carbocycles. The van der Waals surface area contributed by atoms with E-state index in [9.17, 15) is 19.1 Å². The van der Waals surface area contributed by atoms with E-state index >= 15 is 0 Å². The van der Waals surface area contributed by atoms with Gasteiger partial charge in [0.15, 0.2) is 10.9 Å². The summed E-state index contributed by atoms with van der Waals surface area (Å²) in [6.45, 7) is 3.16. The number of hydrogen-bond acceptors (Lipinski definition) is 9. The first-order chi connectivity index (χ1) is 19.9. The highest BCUT2D eigenvalue weighted by Gasteiger charge is 2.45. The summed E-state index contributed by atoms with van der Waals surface area (Å²) in [7, 11) is 0. The molecule has 2 aromatic heterocycles. The van der Waals surface area contributed by atoms with Gasteiger partial charge >= 0.3 is 0 Å². The van der Waals surface area contributed by atoms with Crippen LogP contribution in [0.4, 0.5) is 9.52 Å². The van der Waals surface area contributed by atoms with Gasteiger partial charge in [-0.1, -0.05) is 22.9 Å². The summed E-state index contributed by atoms with van der Waals surface area (Å²) >= 11 is 7.32. The number of ether oxygens (including phenoxy) is 2. The number of fused-ring (bicyclic) bond motifs is 2. The number of amides is 1. The Morgan fingerprint density at radius 2 is 2.02 bits per heavy atom. The van der Waals surface area contributed by atoms with Gasteiger partial charge in [0.05, 0.1) is 21.5 Å². The lowest BCUT2D eigenvalue weighted by Gasteiger charge is -2.26. The van der Waals surface area contributed by atoms with E-state index in [2.05, 4.69) is 9.97 Å². The Hall–Kier alpha value is -3.80. The van der Waals surface area contributed by atoms with Gasteiger partial charge in [0.2, 0.25) is 5.91 Å². The minimum atomic E-state index is -1.60. The van der Waals surface area contributed by atoms with Crippen molar-refractivity contribution in [2.75, 3.05) is 12.3 Å². The van der Waals surface area contributed by atoms with E-state index < -0.39 is 22.7 Å². The molecule has 1 aliphatic carbocycles. The zero-order chi connectivity index (χ0) is 30.0. The number of primary amides is 1. The number of rotatable bonds is 9. The zero-order valence-corrected chi connectivity index (χ0v) is 24.4. The van der Waals surface area contributed by atoms with Crippen molar-refractivity contribution in [2.24, 2.45) is 5.73 Å². The quantitative estimate of drug-likeness (QED) is 0.217. The van der Waals surface area contributed by atoms with Gasteiger partial charge in [-0.25, -0.2) is 14.4 Å². The molecule has 4 aromatic rings. The fourth-order valence-electron chi connectivity index (χ4n) is 4.96. The molecule has 0 spiro atoms. The minimum Gasteiger partial charge on any atom is -0.489 e. The zero-order valence-electron chi connectivity index (χ0n) is 22.9. The van der Waals surface area contributed by atoms with Crippen molar-refractivity contribution < 1.29 is 28.6 Å². The van der Waals surface area contributed by atoms with Crippen LogP contribution in [0.15, 0.2) is 36.4 Å². The Balaban J connectivity index is 1.33. The van der Waals surface area contributed by atoms with Crippen LogP contribution in [0.2, 0.25) is 5.02 Å². The highest BCUT2D eigenvalue weighted by atomic mass is 35.5. The molecular formula is C30H28ClFN4O5S. The van der Waals surface area contributed by atoms with Gasteiger partial charge < -0.3 is 26.0 Å². The summed E-state index contributed by atoms with van der Waals surface area (Å²) in [6, 6.07) is 9.08. The van der Waals surface area contributed by atoms with E-state index in [0.29, 0.717) is 38.8 Å². The minimum absolute atomic E-state index is 0.0110. The number of ketones is 1. The highest BCUT2D eigenvalue weighted by molar-refractivity contribution is 7.22. The second kappa shape index (κ2) is 10.2. The van der Waals surface area contributed by atoms with Crippen LogP contribution in [0.25, 0.3) is 21.5 Å². The maximum Gasteiger partial charge on any atom is 0.231 e. The summed E-state index contributed by atoms with van der Waals surface area (Å²) in [6.07, 6.45) is 1.99. The average molecular weight is 611 g/mol. The molecule has 12 heteroatoms. The number of Topliss-reactive ketones (excluding diaryl/α,β-unsaturated/α-hetero) is 1. The van der Waals surface area contributed by atoms with Gasteiger partial charge in [-0.3, -0.25) is 9.59 Å². The van der Waals surface area contributed by atoms with Crippen molar-refractivity contribution in [1.82, 2.24) is 9.97 Å². The first kappa shape index (κ1) is 28.3. The van der Waals surface area contributed by atoms with Crippen molar-refractivity contribution in [2.45, 2.75) is 56.7 Å². The monoisotopic (exact) mass is 610 g/mol. The average Bonchev–Trinajstić information content (AvgIpc) is 3.57. The molecule has 9 nitrogen and oxygen atoms in total. The number of thiazole rings is 1. The van der Waals surface area contributed by atoms with Gasteiger partial charge in [0.1, 0.15) is 46.1 Å². The van der Waals surface area contributed by atoms with Crippen LogP contribution in [-0.4, -0.2) is 39.5 Å². The van der Waals surface area contributed by atoms with Gasteiger partial charge in [-0.15, -0.1) is 0 Å². The van der Waals surface area contributed by atoms with E-state index in [0.717, 1.165) is 17.5 Å². The number of carbonyl (C=O) groups excluding carboxylic acids is 2. The fourth-order valence-corrected chi connectivity index (χ4v) is 5.94. The second-order valence-corrected chi connectivity index (χ2v) is 12.7. The lowest BCUT2D eigenvalue weighted by molar-refractivity contribution is -0.123. The van der Waals surface area contributed by atoms with E-state index in [1.54, 1.807) is 32.0 Å². The lowest BCUT2D eigenvalue weighted by atomic mass is 9.81. The molecule has 6 rings (SSSR count). The first-order valence-corrected chi connectivity index (χ1v) is 14.6. The van der Waals surface area contributed by atoms with Gasteiger partial charge in [0, 0.05) is 23.1 Å². The summed E-state index contributed by atoms with van der Waals surface area (Å²) < 4.78 is 26.6. The Bertz CT molecular complexity index is 1770. The maximum absolute atomic E-state index is 13.9. The molecule has 0 bridgehead atoms. The number of hydrogen-bond donors (Lipinski definition) is 3. The van der Waals surface area contributed by atoms with E-state index in [-0.39, 0.29) is 47.7 Å². The maximum atomic E-state index is 13.9. The van der Waals surface area contributed by atoms with Crippen LogP contribution >= 0.6 is 22.9 Å². The summed E-state index contributed by atoms with van der Waals surface area (Å²) in [5, 5.41) is 11.9. The molecule has 0 radical (unpaired) electrons. The molecule has 42 heavy (non-hydrogen) atoms. The van der Waals surface area contributed by atoms with Gasteiger partial charge in [-0.2, -0.15) is 0 Å². The fraction of sp³-hybridized carbons (Fsp3) is 0.333. The summed E-state index contributed by atoms with van der Waals surface area (Å²) in [5.74, 6) is -0.602. The normalized spacial score (nSPS) is 19.3. The van der Waals surface area contributed by atoms with Crippen LogP contribution in [0.5, 0.6) is 11.5 Å². The highest BCUT2D eigenvalue weighted by Crippen LogP contribution is 2.46. The number of pyridine rings is 1. The van der Waals surface area contributed by atoms with Crippen molar-refractivity contribution in [1.29, 1.82) is 0 Å². The number of carbonyl (C=O) groups is 2. The molecule has 1 amide bonds. The molecule has 3 heterocycles. The summed E-state index contributed by atoms with van der Waals surface area (Å²) in [5.41, 5.74) is 11.3. The van der Waals surface area contributed by atoms with Gasteiger partial charge in [0.25, 0.3) is 0 Å². The van der Waals surface area contributed by atoms with Crippen LogP contribution in [-0.2, 0) is 15.8 Å². The Morgan fingerprint density at radius 3 is 2.71 bits per heavy atom. The SMILES string of the molecule is C[C@](O)(CCC(=O)c1cc(OC2CC2)c2nc(N)sc2c1)c1cc2c(c(-c3ccc(F)c(Cl)c3)n1)OC[C@]2(C)C(N)=O. The predicted molar refractivity (Wildman–Crippen MR) is 158 cm³/mol. The molecule has 5 N–H and O–H groups in total. The Labute approximate surface area is 249 Å².